The Balaban J connectivity index is 1.32. The lowest BCUT2D eigenvalue weighted by Gasteiger charge is -2.14. The Hall–Kier alpha value is -2.34. The number of hydrogen-bond acceptors (Lipinski definition) is 3. The highest BCUT2D eigenvalue weighted by Gasteiger charge is 2.11. The molecule has 1 aromatic heterocycles. The van der Waals surface area contributed by atoms with Crippen molar-refractivity contribution in [1.29, 1.82) is 0 Å². The van der Waals surface area contributed by atoms with E-state index < -0.39 is 11.0 Å². The first-order chi connectivity index (χ1) is 14.3. The molecular formula is C24H27N3OS. The maximum absolute atomic E-state index is 12.5. The summed E-state index contributed by atoms with van der Waals surface area (Å²) in [5.74, 6) is 0. The third kappa shape index (κ3) is 5.60. The van der Waals surface area contributed by atoms with Gasteiger partial charge in [-0.05, 0) is 73.3 Å². The zero-order chi connectivity index (χ0) is 19.9. The van der Waals surface area contributed by atoms with Crippen molar-refractivity contribution in [2.45, 2.75) is 30.7 Å². The first-order valence-corrected chi connectivity index (χ1v) is 11.4. The molecule has 150 valence electrons. The van der Waals surface area contributed by atoms with Crippen LogP contribution in [0, 0.1) is 0 Å². The molecule has 0 amide bonds. The predicted octanol–water partition coefficient (Wildman–Crippen LogP) is 4.20. The van der Waals surface area contributed by atoms with Crippen molar-refractivity contribution >= 4 is 11.0 Å². The molecule has 3 aromatic rings. The van der Waals surface area contributed by atoms with Crippen molar-refractivity contribution in [1.82, 2.24) is 14.6 Å². The second-order valence-electron chi connectivity index (χ2n) is 7.43. The first kappa shape index (κ1) is 20.0. The first-order valence-electron chi connectivity index (χ1n) is 10.2. The van der Waals surface area contributed by atoms with Gasteiger partial charge in [0.1, 0.15) is 11.0 Å². The number of pyridine rings is 1. The third-order valence-corrected chi connectivity index (χ3v) is 6.49. The van der Waals surface area contributed by atoms with Crippen LogP contribution in [0.1, 0.15) is 24.1 Å². The van der Waals surface area contributed by atoms with Crippen molar-refractivity contribution in [3.8, 4) is 11.1 Å². The third-order valence-electron chi connectivity index (χ3n) is 5.38. The van der Waals surface area contributed by atoms with E-state index in [1.54, 1.807) is 6.20 Å². The van der Waals surface area contributed by atoms with E-state index in [1.807, 2.05) is 42.5 Å². The second-order valence-corrected chi connectivity index (χ2v) is 8.73. The van der Waals surface area contributed by atoms with Crippen LogP contribution in [-0.4, -0.2) is 33.7 Å². The fraction of sp³-hybridized carbons (Fsp3) is 0.292. The number of likely N-dealkylation sites (tertiary alicyclic amines) is 1. The van der Waals surface area contributed by atoms with Crippen LogP contribution in [-0.2, 0) is 24.0 Å². The predicted molar refractivity (Wildman–Crippen MR) is 119 cm³/mol. The van der Waals surface area contributed by atoms with Gasteiger partial charge in [-0.3, -0.25) is 4.98 Å². The molecule has 29 heavy (non-hydrogen) atoms. The normalized spacial score (nSPS) is 15.4. The van der Waals surface area contributed by atoms with Gasteiger partial charge >= 0.3 is 0 Å². The molecule has 2 heterocycles. The standard InChI is InChI=1S/C24H27N3OS/c28-29(26-19-23-5-1-2-15-25-23)24-12-10-22(11-13-24)21-8-6-20(7-9-21)14-18-27-16-3-4-17-27/h1-2,5-13,15,26H,3-4,14,16-19H2. The summed E-state index contributed by atoms with van der Waals surface area (Å²) in [7, 11) is -1.25. The van der Waals surface area contributed by atoms with Crippen LogP contribution in [0.25, 0.3) is 11.1 Å². The van der Waals surface area contributed by atoms with Gasteiger partial charge in [-0.25, -0.2) is 8.93 Å². The van der Waals surface area contributed by atoms with Crippen LogP contribution in [0.5, 0.6) is 0 Å². The summed E-state index contributed by atoms with van der Waals surface area (Å²) in [5.41, 5.74) is 4.59. The minimum absolute atomic E-state index is 0.480. The zero-order valence-electron chi connectivity index (χ0n) is 16.6. The summed E-state index contributed by atoms with van der Waals surface area (Å²) < 4.78 is 15.5. The van der Waals surface area contributed by atoms with Gasteiger partial charge in [0, 0.05) is 12.7 Å². The average molecular weight is 406 g/mol. The molecule has 1 atom stereocenters. The fourth-order valence-corrected chi connectivity index (χ4v) is 4.48. The van der Waals surface area contributed by atoms with Crippen molar-refractivity contribution in [2.75, 3.05) is 19.6 Å². The number of benzene rings is 2. The van der Waals surface area contributed by atoms with E-state index in [1.165, 1.54) is 37.1 Å². The lowest BCUT2D eigenvalue weighted by Crippen LogP contribution is -2.21. The Morgan fingerprint density at radius 1 is 0.897 bits per heavy atom. The summed E-state index contributed by atoms with van der Waals surface area (Å²) in [6.07, 6.45) is 5.54. The summed E-state index contributed by atoms with van der Waals surface area (Å²) in [6, 6.07) is 22.5. The Kier molecular flexibility index (Phi) is 6.83. The van der Waals surface area contributed by atoms with E-state index in [4.69, 9.17) is 0 Å². The SMILES string of the molecule is O=S(NCc1ccccn1)c1ccc(-c2ccc(CCN3CCCC3)cc2)cc1. The van der Waals surface area contributed by atoms with E-state index in [2.05, 4.69) is 38.9 Å². The number of nitrogens with zero attached hydrogens (tertiary/aromatic N) is 2. The second kappa shape index (κ2) is 9.92. The minimum Gasteiger partial charge on any atom is -0.303 e. The van der Waals surface area contributed by atoms with Crippen molar-refractivity contribution in [2.24, 2.45) is 0 Å². The molecule has 2 aromatic carbocycles. The zero-order valence-corrected chi connectivity index (χ0v) is 17.4. The quantitative estimate of drug-likeness (QED) is 0.611. The highest BCUT2D eigenvalue weighted by Crippen LogP contribution is 2.22. The summed E-state index contributed by atoms with van der Waals surface area (Å²) >= 11 is 0. The van der Waals surface area contributed by atoms with Crippen LogP contribution in [0.15, 0.2) is 77.8 Å². The number of aromatic nitrogens is 1. The highest BCUT2D eigenvalue weighted by molar-refractivity contribution is 7.83. The van der Waals surface area contributed by atoms with E-state index in [9.17, 15) is 4.21 Å². The molecule has 0 radical (unpaired) electrons. The molecule has 0 spiro atoms. The smallest absolute Gasteiger partial charge is 0.125 e. The molecule has 0 aliphatic carbocycles. The molecule has 1 aliphatic heterocycles. The summed E-state index contributed by atoms with van der Waals surface area (Å²) in [5, 5.41) is 0. The average Bonchev–Trinajstić information content (AvgIpc) is 3.31. The topological polar surface area (TPSA) is 45.2 Å². The summed E-state index contributed by atoms with van der Waals surface area (Å²) in [4.78, 5) is 7.56. The fourth-order valence-electron chi connectivity index (χ4n) is 3.65. The lowest BCUT2D eigenvalue weighted by molar-refractivity contribution is 0.343. The van der Waals surface area contributed by atoms with Crippen molar-refractivity contribution < 1.29 is 4.21 Å². The number of rotatable bonds is 8. The van der Waals surface area contributed by atoms with Crippen LogP contribution in [0.2, 0.25) is 0 Å². The largest absolute Gasteiger partial charge is 0.303 e. The molecular weight excluding hydrogens is 378 g/mol. The van der Waals surface area contributed by atoms with Gasteiger partial charge in [-0.2, -0.15) is 0 Å². The van der Waals surface area contributed by atoms with Gasteiger partial charge in [0.15, 0.2) is 0 Å². The molecule has 4 rings (SSSR count). The molecule has 1 fully saturated rings. The van der Waals surface area contributed by atoms with Gasteiger partial charge in [0.05, 0.1) is 17.1 Å². The Labute approximate surface area is 175 Å². The van der Waals surface area contributed by atoms with Crippen molar-refractivity contribution in [3.05, 3.63) is 84.2 Å². The van der Waals surface area contributed by atoms with Gasteiger partial charge in [-0.1, -0.05) is 42.5 Å². The van der Waals surface area contributed by atoms with E-state index in [0.717, 1.165) is 29.1 Å². The van der Waals surface area contributed by atoms with Crippen LogP contribution < -0.4 is 4.72 Å². The molecule has 4 nitrogen and oxygen atoms in total. The minimum atomic E-state index is -1.25. The number of nitrogens with one attached hydrogen (secondary N) is 1. The molecule has 5 heteroatoms. The molecule has 1 aliphatic rings. The Bertz CT molecular complexity index is 921. The molecule has 0 bridgehead atoms. The Morgan fingerprint density at radius 2 is 1.59 bits per heavy atom. The van der Waals surface area contributed by atoms with Crippen LogP contribution in [0.4, 0.5) is 0 Å². The van der Waals surface area contributed by atoms with E-state index >= 15 is 0 Å². The van der Waals surface area contributed by atoms with Crippen molar-refractivity contribution in [3.63, 3.8) is 0 Å². The maximum Gasteiger partial charge on any atom is 0.125 e. The van der Waals surface area contributed by atoms with Crippen LogP contribution >= 0.6 is 0 Å². The number of hydrogen-bond donors (Lipinski definition) is 1. The van der Waals surface area contributed by atoms with Gasteiger partial charge in [0.25, 0.3) is 0 Å². The lowest BCUT2D eigenvalue weighted by atomic mass is 10.0. The monoisotopic (exact) mass is 405 g/mol. The summed E-state index contributed by atoms with van der Waals surface area (Å²) in [6.45, 7) is 4.14. The van der Waals surface area contributed by atoms with Crippen LogP contribution in [0.3, 0.4) is 0 Å². The van der Waals surface area contributed by atoms with Gasteiger partial charge in [0.2, 0.25) is 0 Å². The van der Waals surface area contributed by atoms with E-state index in [-0.39, 0.29) is 0 Å². The van der Waals surface area contributed by atoms with Gasteiger partial charge in [-0.15, -0.1) is 0 Å². The molecule has 1 saturated heterocycles. The molecule has 0 saturated carbocycles. The van der Waals surface area contributed by atoms with Gasteiger partial charge < -0.3 is 4.90 Å². The maximum atomic E-state index is 12.5. The Morgan fingerprint density at radius 3 is 2.24 bits per heavy atom. The molecule has 1 N–H and O–H groups in total. The molecule has 1 unspecified atom stereocenters. The highest BCUT2D eigenvalue weighted by atomic mass is 32.2. The van der Waals surface area contributed by atoms with E-state index in [0.29, 0.717) is 6.54 Å².